The minimum Gasteiger partial charge on any atom is -0.508 e. The van der Waals surface area contributed by atoms with Crippen molar-refractivity contribution in [1.82, 2.24) is 10.4 Å². The number of rotatable bonds is 9. The van der Waals surface area contributed by atoms with Crippen LogP contribution in [0.5, 0.6) is 5.75 Å². The first-order valence-electron chi connectivity index (χ1n) is 12.0. The second kappa shape index (κ2) is 11.8. The van der Waals surface area contributed by atoms with Crippen LogP contribution in [-0.2, 0) is 9.59 Å². The van der Waals surface area contributed by atoms with E-state index >= 15 is 0 Å². The van der Waals surface area contributed by atoms with Gasteiger partial charge in [0.05, 0.1) is 22.5 Å². The fourth-order valence-corrected chi connectivity index (χ4v) is 3.82. The number of nitrogens with zero attached hydrogens (tertiary/aromatic N) is 2. The van der Waals surface area contributed by atoms with Crippen molar-refractivity contribution >= 4 is 40.1 Å². The van der Waals surface area contributed by atoms with E-state index in [0.717, 1.165) is 11.1 Å². The minimum atomic E-state index is -0.932. The van der Waals surface area contributed by atoms with Crippen molar-refractivity contribution in [1.29, 1.82) is 0 Å². The van der Waals surface area contributed by atoms with Gasteiger partial charge >= 0.3 is 5.97 Å². The van der Waals surface area contributed by atoms with Gasteiger partial charge in [-0.2, -0.15) is 5.10 Å². The first kappa shape index (κ1) is 26.0. The molecule has 0 aliphatic rings. The number of nitrogens with one attached hydrogen (secondary N) is 2. The van der Waals surface area contributed by atoms with E-state index in [4.69, 9.17) is 5.11 Å². The van der Waals surface area contributed by atoms with Crippen LogP contribution in [-0.4, -0.2) is 38.7 Å². The van der Waals surface area contributed by atoms with Gasteiger partial charge in [-0.1, -0.05) is 30.3 Å². The molecule has 2 amide bonds. The molecule has 0 fully saturated rings. The summed E-state index contributed by atoms with van der Waals surface area (Å²) in [7, 11) is 0. The van der Waals surface area contributed by atoms with Crippen molar-refractivity contribution in [3.63, 3.8) is 0 Å². The van der Waals surface area contributed by atoms with E-state index in [1.165, 1.54) is 0 Å². The van der Waals surface area contributed by atoms with Crippen molar-refractivity contribution in [2.75, 3.05) is 5.32 Å². The average molecular weight is 511 g/mol. The molecule has 38 heavy (non-hydrogen) atoms. The number of para-hydroxylation sites is 1. The van der Waals surface area contributed by atoms with Gasteiger partial charge in [-0.05, 0) is 67.4 Å². The lowest BCUT2D eigenvalue weighted by atomic mass is 10.0. The zero-order valence-corrected chi connectivity index (χ0v) is 20.6. The Hall–Kier alpha value is -5.05. The Balaban J connectivity index is 1.47. The van der Waals surface area contributed by atoms with Crippen molar-refractivity contribution < 1.29 is 24.6 Å². The number of amides is 2. The van der Waals surface area contributed by atoms with Gasteiger partial charge in [0.2, 0.25) is 5.91 Å². The number of phenolic OH excluding ortho intramolecular Hbond substituents is 1. The molecule has 0 saturated heterocycles. The van der Waals surface area contributed by atoms with Crippen LogP contribution in [0.25, 0.3) is 22.2 Å². The van der Waals surface area contributed by atoms with E-state index in [-0.39, 0.29) is 30.9 Å². The predicted molar refractivity (Wildman–Crippen MR) is 145 cm³/mol. The summed E-state index contributed by atoms with van der Waals surface area (Å²) in [4.78, 5) is 40.4. The van der Waals surface area contributed by atoms with Crippen molar-refractivity contribution in [2.24, 2.45) is 5.10 Å². The molecule has 1 heterocycles. The highest BCUT2D eigenvalue weighted by Gasteiger charge is 2.14. The summed E-state index contributed by atoms with van der Waals surface area (Å²) >= 11 is 0. The van der Waals surface area contributed by atoms with Crippen molar-refractivity contribution in [3.8, 4) is 17.0 Å². The topological polar surface area (TPSA) is 141 Å². The Morgan fingerprint density at radius 3 is 2.34 bits per heavy atom. The van der Waals surface area contributed by atoms with Crippen LogP contribution >= 0.6 is 0 Å². The summed E-state index contributed by atoms with van der Waals surface area (Å²) in [6, 6.07) is 22.6. The molecule has 9 heteroatoms. The number of carboxylic acids is 1. The van der Waals surface area contributed by atoms with Gasteiger partial charge in [-0.25, -0.2) is 10.4 Å². The molecule has 1 aromatic heterocycles. The summed E-state index contributed by atoms with van der Waals surface area (Å²) in [5, 5.41) is 26.0. The van der Waals surface area contributed by atoms with Gasteiger partial charge in [-0.15, -0.1) is 0 Å². The van der Waals surface area contributed by atoms with Crippen molar-refractivity contribution in [3.05, 3.63) is 90.0 Å². The largest absolute Gasteiger partial charge is 0.508 e. The zero-order chi connectivity index (χ0) is 27.1. The molecule has 4 rings (SSSR count). The van der Waals surface area contributed by atoms with E-state index in [9.17, 15) is 19.5 Å². The first-order chi connectivity index (χ1) is 18.3. The summed E-state index contributed by atoms with van der Waals surface area (Å²) in [5.41, 5.74) is 6.94. The normalized spacial score (nSPS) is 11.2. The third-order valence-corrected chi connectivity index (χ3v) is 5.83. The summed E-state index contributed by atoms with van der Waals surface area (Å²) in [6.07, 6.45) is 0.341. The summed E-state index contributed by atoms with van der Waals surface area (Å²) in [6.45, 7) is 1.76. The Morgan fingerprint density at radius 2 is 1.63 bits per heavy atom. The number of aromatic nitrogens is 1. The predicted octanol–water partition coefficient (Wildman–Crippen LogP) is 4.95. The van der Waals surface area contributed by atoms with Crippen LogP contribution < -0.4 is 10.7 Å². The molecule has 4 N–H and O–H groups in total. The molecule has 4 aromatic rings. The quantitative estimate of drug-likeness (QED) is 0.185. The SMILES string of the molecule is C/C(=N\NC(=O)c1cc(-c2ccc(O)cc2)nc2ccccc12)c1ccc(NC(=O)CCCC(=O)O)cc1. The highest BCUT2D eigenvalue weighted by Crippen LogP contribution is 2.26. The monoisotopic (exact) mass is 510 g/mol. The maximum atomic E-state index is 13.2. The Kier molecular flexibility index (Phi) is 8.07. The molecular weight excluding hydrogens is 484 g/mol. The second-order valence-electron chi connectivity index (χ2n) is 8.63. The van der Waals surface area contributed by atoms with Gasteiger partial charge in [0.1, 0.15) is 5.75 Å². The second-order valence-corrected chi connectivity index (χ2v) is 8.63. The van der Waals surface area contributed by atoms with Gasteiger partial charge in [0.15, 0.2) is 0 Å². The fourth-order valence-electron chi connectivity index (χ4n) is 3.82. The van der Waals surface area contributed by atoms with Crippen molar-refractivity contribution in [2.45, 2.75) is 26.2 Å². The standard InChI is InChI=1S/C29H26N4O5/c1-18(19-9-13-21(14-10-19)30-27(35)7-4-8-28(36)37)32-33-29(38)24-17-26(20-11-15-22(34)16-12-20)31-25-6-3-2-5-23(24)25/h2-3,5-6,9-17,34H,4,7-8H2,1H3,(H,30,35)(H,33,38)(H,36,37)/b32-18+. The highest BCUT2D eigenvalue weighted by molar-refractivity contribution is 6.08. The first-order valence-corrected chi connectivity index (χ1v) is 12.0. The number of hydrazone groups is 1. The van der Waals surface area contributed by atoms with Crippen LogP contribution in [0.4, 0.5) is 5.69 Å². The number of hydrogen-bond donors (Lipinski definition) is 4. The molecule has 0 saturated carbocycles. The number of carboxylic acid groups (broad SMARTS) is 1. The minimum absolute atomic E-state index is 0.0544. The number of fused-ring (bicyclic) bond motifs is 1. The smallest absolute Gasteiger partial charge is 0.303 e. The number of aromatic hydroxyl groups is 1. The number of carbonyl (C=O) groups is 3. The number of benzene rings is 3. The molecule has 0 radical (unpaired) electrons. The molecule has 0 unspecified atom stereocenters. The maximum Gasteiger partial charge on any atom is 0.303 e. The molecular formula is C29H26N4O5. The maximum absolute atomic E-state index is 13.2. The van der Waals surface area contributed by atoms with E-state index in [0.29, 0.717) is 33.6 Å². The number of hydrogen-bond acceptors (Lipinski definition) is 6. The number of aliphatic carboxylic acids is 1. The van der Waals surface area contributed by atoms with Gasteiger partial charge in [-0.3, -0.25) is 14.4 Å². The average Bonchev–Trinajstić information content (AvgIpc) is 2.91. The Labute approximate surface area is 218 Å². The summed E-state index contributed by atoms with van der Waals surface area (Å²) in [5.74, 6) is -1.44. The van der Waals surface area contributed by atoms with Crippen LogP contribution in [0.1, 0.15) is 42.1 Å². The number of pyridine rings is 1. The van der Waals surface area contributed by atoms with Crippen LogP contribution in [0.2, 0.25) is 0 Å². The molecule has 0 bridgehead atoms. The molecule has 192 valence electrons. The highest BCUT2D eigenvalue weighted by atomic mass is 16.4. The van der Waals surface area contributed by atoms with Gasteiger partial charge < -0.3 is 15.5 Å². The number of anilines is 1. The fraction of sp³-hybridized carbons (Fsp3) is 0.138. The number of carbonyl (C=O) groups excluding carboxylic acids is 2. The van der Waals surface area contributed by atoms with Gasteiger partial charge in [0.25, 0.3) is 5.91 Å². The molecule has 0 aliphatic carbocycles. The zero-order valence-electron chi connectivity index (χ0n) is 20.6. The van der Waals surface area contributed by atoms with E-state index in [2.05, 4.69) is 20.8 Å². The van der Waals surface area contributed by atoms with Crippen LogP contribution in [0.15, 0.2) is 84.0 Å². The van der Waals surface area contributed by atoms with E-state index in [1.54, 1.807) is 61.5 Å². The van der Waals surface area contributed by atoms with E-state index in [1.807, 2.05) is 24.3 Å². The lowest BCUT2D eigenvalue weighted by Crippen LogP contribution is -2.20. The van der Waals surface area contributed by atoms with Crippen LogP contribution in [0.3, 0.4) is 0 Å². The molecule has 0 spiro atoms. The Morgan fingerprint density at radius 1 is 0.921 bits per heavy atom. The lowest BCUT2D eigenvalue weighted by Gasteiger charge is -2.10. The summed E-state index contributed by atoms with van der Waals surface area (Å²) < 4.78 is 0. The molecule has 3 aromatic carbocycles. The van der Waals surface area contributed by atoms with E-state index < -0.39 is 11.9 Å². The third kappa shape index (κ3) is 6.58. The van der Waals surface area contributed by atoms with Crippen LogP contribution in [0, 0.1) is 0 Å². The molecule has 0 atom stereocenters. The molecule has 9 nitrogen and oxygen atoms in total. The lowest BCUT2D eigenvalue weighted by molar-refractivity contribution is -0.137. The van der Waals surface area contributed by atoms with Gasteiger partial charge in [0, 0.05) is 29.5 Å². The Bertz CT molecular complexity index is 1510. The third-order valence-electron chi connectivity index (χ3n) is 5.83. The number of phenols is 1. The molecule has 0 aliphatic heterocycles.